The Morgan fingerprint density at radius 1 is 1.17 bits per heavy atom. The summed E-state index contributed by atoms with van der Waals surface area (Å²) in [5.74, 6) is 1.41. The number of nitrogens with zero attached hydrogens (tertiary/aromatic N) is 2. The van der Waals surface area contributed by atoms with Crippen LogP contribution in [0.4, 0.5) is 0 Å². The zero-order chi connectivity index (χ0) is 16.1. The van der Waals surface area contributed by atoms with E-state index in [9.17, 15) is 0 Å². The summed E-state index contributed by atoms with van der Waals surface area (Å²) in [4.78, 5) is 7.09. The molecule has 3 rings (SSSR count). The van der Waals surface area contributed by atoms with Crippen molar-refractivity contribution in [1.82, 2.24) is 9.88 Å². The summed E-state index contributed by atoms with van der Waals surface area (Å²) in [7, 11) is 0. The van der Waals surface area contributed by atoms with Gasteiger partial charge in [0, 0.05) is 24.8 Å². The molecule has 1 fully saturated rings. The van der Waals surface area contributed by atoms with Crippen molar-refractivity contribution in [1.29, 1.82) is 0 Å². The molecule has 3 nitrogen and oxygen atoms in total. The fraction of sp³-hybridized carbons (Fsp3) is 0.450. The Morgan fingerprint density at radius 3 is 2.70 bits per heavy atom. The average Bonchev–Trinajstić information content (AvgIpc) is 3.02. The van der Waals surface area contributed by atoms with E-state index in [2.05, 4.69) is 41.9 Å². The Hall–Kier alpha value is -1.87. The molecule has 1 aromatic heterocycles. The first-order chi connectivity index (χ1) is 11.2. The van der Waals surface area contributed by atoms with Crippen LogP contribution in [0.25, 0.3) is 0 Å². The quantitative estimate of drug-likeness (QED) is 0.788. The number of hydrogen-bond acceptors (Lipinski definition) is 3. The molecular weight excluding hydrogens is 284 g/mol. The molecule has 1 saturated heterocycles. The van der Waals surface area contributed by atoms with E-state index in [1.54, 1.807) is 0 Å². The van der Waals surface area contributed by atoms with E-state index in [1.807, 2.05) is 30.5 Å². The van der Waals surface area contributed by atoms with Crippen molar-refractivity contribution in [3.8, 4) is 5.88 Å². The van der Waals surface area contributed by atoms with Crippen molar-refractivity contribution in [3.05, 3.63) is 59.8 Å². The summed E-state index contributed by atoms with van der Waals surface area (Å²) in [6.45, 7) is 7.50. The van der Waals surface area contributed by atoms with Gasteiger partial charge in [-0.05, 0) is 36.4 Å². The summed E-state index contributed by atoms with van der Waals surface area (Å²) in [5, 5.41) is 0. The van der Waals surface area contributed by atoms with Gasteiger partial charge in [0.2, 0.25) is 5.88 Å². The van der Waals surface area contributed by atoms with E-state index >= 15 is 0 Å². The SMILES string of the molecule is CC(C)CN1CCC[C@H]1c1ccc(OCc2ccccc2)nc1. The fourth-order valence-electron chi connectivity index (χ4n) is 3.30. The molecule has 0 unspecified atom stereocenters. The third kappa shape index (κ3) is 4.32. The molecule has 1 aliphatic heterocycles. The molecule has 122 valence electrons. The van der Waals surface area contributed by atoms with Crippen molar-refractivity contribution in [2.75, 3.05) is 13.1 Å². The molecule has 1 atom stereocenters. The maximum atomic E-state index is 5.78. The smallest absolute Gasteiger partial charge is 0.213 e. The molecule has 0 bridgehead atoms. The van der Waals surface area contributed by atoms with Gasteiger partial charge in [0.15, 0.2) is 0 Å². The number of ether oxygens (including phenoxy) is 1. The summed E-state index contributed by atoms with van der Waals surface area (Å²) >= 11 is 0. The van der Waals surface area contributed by atoms with Crippen molar-refractivity contribution in [2.45, 2.75) is 39.3 Å². The van der Waals surface area contributed by atoms with Gasteiger partial charge in [-0.2, -0.15) is 0 Å². The summed E-state index contributed by atoms with van der Waals surface area (Å²) in [5.41, 5.74) is 2.48. The van der Waals surface area contributed by atoms with E-state index in [-0.39, 0.29) is 0 Å². The lowest BCUT2D eigenvalue weighted by molar-refractivity contribution is 0.228. The molecular formula is C20H26N2O. The molecule has 23 heavy (non-hydrogen) atoms. The van der Waals surface area contributed by atoms with E-state index in [4.69, 9.17) is 4.74 Å². The third-order valence-electron chi connectivity index (χ3n) is 4.34. The number of hydrogen-bond donors (Lipinski definition) is 0. The lowest BCUT2D eigenvalue weighted by atomic mass is 10.1. The van der Waals surface area contributed by atoms with E-state index in [0.717, 1.165) is 12.1 Å². The molecule has 0 saturated carbocycles. The number of pyridine rings is 1. The Balaban J connectivity index is 1.60. The predicted octanol–water partition coefficient (Wildman–Crippen LogP) is 4.45. The standard InChI is InChI=1S/C20H26N2O/c1-16(2)14-22-12-6-9-19(22)18-10-11-20(21-13-18)23-15-17-7-4-3-5-8-17/h3-5,7-8,10-11,13,16,19H,6,9,12,14-15H2,1-2H3/t19-/m0/s1. The Morgan fingerprint density at radius 2 is 2.00 bits per heavy atom. The summed E-state index contributed by atoms with van der Waals surface area (Å²) in [6, 6.07) is 14.9. The van der Waals surface area contributed by atoms with Crippen molar-refractivity contribution >= 4 is 0 Å². The van der Waals surface area contributed by atoms with Crippen LogP contribution in [-0.2, 0) is 6.61 Å². The van der Waals surface area contributed by atoms with Gasteiger partial charge in [-0.25, -0.2) is 4.98 Å². The van der Waals surface area contributed by atoms with Gasteiger partial charge in [-0.3, -0.25) is 4.90 Å². The molecule has 0 aliphatic carbocycles. The highest BCUT2D eigenvalue weighted by Gasteiger charge is 2.26. The lowest BCUT2D eigenvalue weighted by Gasteiger charge is -2.26. The molecule has 3 heteroatoms. The Labute approximate surface area is 139 Å². The van der Waals surface area contributed by atoms with Crippen LogP contribution in [-0.4, -0.2) is 23.0 Å². The highest BCUT2D eigenvalue weighted by molar-refractivity contribution is 5.22. The van der Waals surface area contributed by atoms with Gasteiger partial charge in [-0.1, -0.05) is 50.2 Å². The fourth-order valence-corrected chi connectivity index (χ4v) is 3.30. The summed E-state index contributed by atoms with van der Waals surface area (Å²) < 4.78 is 5.78. The molecule has 0 radical (unpaired) electrons. The second-order valence-electron chi connectivity index (χ2n) is 6.75. The van der Waals surface area contributed by atoms with Crippen LogP contribution >= 0.6 is 0 Å². The zero-order valence-corrected chi connectivity index (χ0v) is 14.1. The van der Waals surface area contributed by atoms with Gasteiger partial charge in [0.05, 0.1) is 0 Å². The first-order valence-corrected chi connectivity index (χ1v) is 8.59. The van der Waals surface area contributed by atoms with Crippen LogP contribution in [0, 0.1) is 5.92 Å². The normalized spacial score (nSPS) is 18.5. The third-order valence-corrected chi connectivity index (χ3v) is 4.34. The molecule has 0 spiro atoms. The molecule has 0 N–H and O–H groups in total. The highest BCUT2D eigenvalue weighted by Crippen LogP contribution is 2.32. The minimum atomic E-state index is 0.521. The molecule has 0 amide bonds. The minimum absolute atomic E-state index is 0.521. The van der Waals surface area contributed by atoms with Crippen LogP contribution < -0.4 is 4.74 Å². The lowest BCUT2D eigenvalue weighted by Crippen LogP contribution is -2.27. The van der Waals surface area contributed by atoms with Gasteiger partial charge in [-0.15, -0.1) is 0 Å². The van der Waals surface area contributed by atoms with Crippen LogP contribution in [0.5, 0.6) is 5.88 Å². The zero-order valence-electron chi connectivity index (χ0n) is 14.1. The van der Waals surface area contributed by atoms with Crippen LogP contribution in [0.15, 0.2) is 48.7 Å². The van der Waals surface area contributed by atoms with Crippen molar-refractivity contribution < 1.29 is 4.74 Å². The van der Waals surface area contributed by atoms with E-state index < -0.39 is 0 Å². The number of rotatable bonds is 6. The highest BCUT2D eigenvalue weighted by atomic mass is 16.5. The second-order valence-corrected chi connectivity index (χ2v) is 6.75. The van der Waals surface area contributed by atoms with Crippen LogP contribution in [0.1, 0.15) is 43.9 Å². The van der Waals surface area contributed by atoms with Crippen molar-refractivity contribution in [3.63, 3.8) is 0 Å². The van der Waals surface area contributed by atoms with Crippen LogP contribution in [0.2, 0.25) is 0 Å². The number of benzene rings is 1. The van der Waals surface area contributed by atoms with Crippen LogP contribution in [0.3, 0.4) is 0 Å². The number of likely N-dealkylation sites (tertiary alicyclic amines) is 1. The topological polar surface area (TPSA) is 25.4 Å². The molecule has 1 aromatic carbocycles. The minimum Gasteiger partial charge on any atom is -0.473 e. The molecule has 2 aromatic rings. The van der Waals surface area contributed by atoms with Gasteiger partial charge >= 0.3 is 0 Å². The van der Waals surface area contributed by atoms with E-state index in [0.29, 0.717) is 24.4 Å². The molecule has 2 heterocycles. The van der Waals surface area contributed by atoms with Gasteiger partial charge in [0.25, 0.3) is 0 Å². The Bertz CT molecular complexity index is 595. The van der Waals surface area contributed by atoms with Gasteiger partial charge < -0.3 is 4.74 Å². The monoisotopic (exact) mass is 310 g/mol. The average molecular weight is 310 g/mol. The largest absolute Gasteiger partial charge is 0.473 e. The summed E-state index contributed by atoms with van der Waals surface area (Å²) in [6.07, 6.45) is 4.51. The maximum absolute atomic E-state index is 5.78. The van der Waals surface area contributed by atoms with Gasteiger partial charge in [0.1, 0.15) is 6.61 Å². The van der Waals surface area contributed by atoms with Crippen molar-refractivity contribution in [2.24, 2.45) is 5.92 Å². The number of aromatic nitrogens is 1. The maximum Gasteiger partial charge on any atom is 0.213 e. The first-order valence-electron chi connectivity index (χ1n) is 8.59. The first kappa shape index (κ1) is 16.0. The molecule has 1 aliphatic rings. The Kier molecular flexibility index (Phi) is 5.29. The second kappa shape index (κ2) is 7.60. The van der Waals surface area contributed by atoms with E-state index in [1.165, 1.54) is 24.9 Å². The predicted molar refractivity (Wildman–Crippen MR) is 93.4 cm³/mol.